The van der Waals surface area contributed by atoms with Crippen LogP contribution in [0.5, 0.6) is 5.88 Å². The summed E-state index contributed by atoms with van der Waals surface area (Å²) in [5, 5.41) is 7.47. The average Bonchev–Trinajstić information content (AvgIpc) is 3.09. The maximum absolute atomic E-state index is 5.83. The van der Waals surface area contributed by atoms with Gasteiger partial charge < -0.3 is 10.1 Å². The number of hydrogen-bond donors (Lipinski definition) is 1. The van der Waals surface area contributed by atoms with Gasteiger partial charge in [0.15, 0.2) is 0 Å². The third-order valence-corrected chi connectivity index (χ3v) is 3.73. The van der Waals surface area contributed by atoms with Crippen LogP contribution in [-0.2, 0) is 6.61 Å². The van der Waals surface area contributed by atoms with E-state index in [1.807, 2.05) is 29.9 Å². The summed E-state index contributed by atoms with van der Waals surface area (Å²) in [6.45, 7) is 3.42. The van der Waals surface area contributed by atoms with Gasteiger partial charge >= 0.3 is 0 Å². The highest BCUT2D eigenvalue weighted by Gasteiger charge is 2.19. The van der Waals surface area contributed by atoms with Crippen LogP contribution >= 0.6 is 0 Å². The zero-order valence-corrected chi connectivity index (χ0v) is 12.3. The molecule has 110 valence electrons. The molecule has 0 saturated carbocycles. The third-order valence-electron chi connectivity index (χ3n) is 3.73. The van der Waals surface area contributed by atoms with Crippen molar-refractivity contribution in [3.05, 3.63) is 54.4 Å². The second kappa shape index (κ2) is 5.18. The number of rotatable bonds is 3. The monoisotopic (exact) mass is 292 g/mol. The van der Waals surface area contributed by atoms with Gasteiger partial charge in [0.2, 0.25) is 5.88 Å². The molecule has 4 rings (SSSR count). The van der Waals surface area contributed by atoms with E-state index in [0.717, 1.165) is 29.2 Å². The number of nitrogens with zero attached hydrogens (tertiary/aromatic N) is 3. The summed E-state index contributed by atoms with van der Waals surface area (Å²) >= 11 is 0. The van der Waals surface area contributed by atoms with Crippen molar-refractivity contribution in [3.8, 4) is 22.7 Å². The molecule has 0 amide bonds. The second-order valence-electron chi connectivity index (χ2n) is 5.16. The van der Waals surface area contributed by atoms with Crippen LogP contribution in [0.4, 0.5) is 5.82 Å². The first kappa shape index (κ1) is 12.9. The number of pyridine rings is 1. The molecule has 3 heterocycles. The molecule has 0 radical (unpaired) electrons. The standard InChI is InChI=1S/C17H16N4O/c1-2-18-16-7-6-15-14-5-4-13(21-9-3-8-19-21)10-12(14)11-22-17(15)20-16/h3-10H,2,11H2,1H3,(H,18,20). The Balaban J connectivity index is 1.76. The second-order valence-corrected chi connectivity index (χ2v) is 5.16. The van der Waals surface area contributed by atoms with Crippen molar-refractivity contribution in [2.24, 2.45) is 0 Å². The van der Waals surface area contributed by atoms with E-state index in [-0.39, 0.29) is 0 Å². The predicted octanol–water partition coefficient (Wildman–Crippen LogP) is 3.26. The summed E-state index contributed by atoms with van der Waals surface area (Å²) in [6.07, 6.45) is 3.71. The number of ether oxygens (including phenoxy) is 1. The van der Waals surface area contributed by atoms with Crippen molar-refractivity contribution in [3.63, 3.8) is 0 Å². The van der Waals surface area contributed by atoms with Crippen molar-refractivity contribution in [2.45, 2.75) is 13.5 Å². The molecule has 22 heavy (non-hydrogen) atoms. The van der Waals surface area contributed by atoms with Gasteiger partial charge in [-0.1, -0.05) is 6.07 Å². The van der Waals surface area contributed by atoms with E-state index in [1.165, 1.54) is 5.56 Å². The zero-order valence-electron chi connectivity index (χ0n) is 12.3. The Morgan fingerprint density at radius 3 is 2.95 bits per heavy atom. The maximum atomic E-state index is 5.83. The molecule has 3 aromatic rings. The van der Waals surface area contributed by atoms with Crippen LogP contribution < -0.4 is 10.1 Å². The lowest BCUT2D eigenvalue weighted by Gasteiger charge is -2.21. The van der Waals surface area contributed by atoms with Gasteiger partial charge in [0.25, 0.3) is 0 Å². The first-order valence-corrected chi connectivity index (χ1v) is 7.36. The Bertz CT molecular complexity index is 812. The first-order valence-electron chi connectivity index (χ1n) is 7.36. The fourth-order valence-electron chi connectivity index (χ4n) is 2.71. The van der Waals surface area contributed by atoms with Crippen LogP contribution in [0.1, 0.15) is 12.5 Å². The van der Waals surface area contributed by atoms with Crippen molar-refractivity contribution >= 4 is 5.82 Å². The maximum Gasteiger partial charge on any atom is 0.223 e. The Morgan fingerprint density at radius 1 is 1.23 bits per heavy atom. The van der Waals surface area contributed by atoms with Gasteiger partial charge in [0.05, 0.1) is 5.69 Å². The van der Waals surface area contributed by atoms with Gasteiger partial charge in [-0.15, -0.1) is 0 Å². The van der Waals surface area contributed by atoms with E-state index in [9.17, 15) is 0 Å². The zero-order chi connectivity index (χ0) is 14.9. The smallest absolute Gasteiger partial charge is 0.223 e. The van der Waals surface area contributed by atoms with Gasteiger partial charge in [0, 0.05) is 24.5 Å². The molecule has 2 aromatic heterocycles. The Labute approximate surface area is 128 Å². The van der Waals surface area contributed by atoms with Crippen molar-refractivity contribution in [1.29, 1.82) is 0 Å². The van der Waals surface area contributed by atoms with Crippen LogP contribution in [-0.4, -0.2) is 21.3 Å². The predicted molar refractivity (Wildman–Crippen MR) is 85.3 cm³/mol. The van der Waals surface area contributed by atoms with Gasteiger partial charge in [-0.3, -0.25) is 0 Å². The number of nitrogens with one attached hydrogen (secondary N) is 1. The molecule has 1 N–H and O–H groups in total. The lowest BCUT2D eigenvalue weighted by Crippen LogP contribution is -2.09. The summed E-state index contributed by atoms with van der Waals surface area (Å²) in [7, 11) is 0. The van der Waals surface area contributed by atoms with E-state index in [2.05, 4.69) is 39.7 Å². The molecule has 0 fully saturated rings. The van der Waals surface area contributed by atoms with Crippen molar-refractivity contribution in [2.75, 3.05) is 11.9 Å². The van der Waals surface area contributed by atoms with Crippen molar-refractivity contribution in [1.82, 2.24) is 14.8 Å². The lowest BCUT2D eigenvalue weighted by atomic mass is 9.98. The SMILES string of the molecule is CCNc1ccc2c(n1)OCc1cc(-n3cccn3)ccc1-2. The molecule has 0 unspecified atom stereocenters. The van der Waals surface area contributed by atoms with E-state index >= 15 is 0 Å². The number of hydrogen-bond acceptors (Lipinski definition) is 4. The normalized spacial score (nSPS) is 12.2. The van der Waals surface area contributed by atoms with Crippen LogP contribution in [0.15, 0.2) is 48.8 Å². The first-order chi connectivity index (χ1) is 10.8. The number of anilines is 1. The highest BCUT2D eigenvalue weighted by molar-refractivity contribution is 5.75. The Kier molecular flexibility index (Phi) is 3.04. The van der Waals surface area contributed by atoms with Gasteiger partial charge in [-0.25, -0.2) is 4.68 Å². The average molecular weight is 292 g/mol. The summed E-state index contributed by atoms with van der Waals surface area (Å²) in [4.78, 5) is 4.52. The minimum Gasteiger partial charge on any atom is -0.472 e. The fraction of sp³-hybridized carbons (Fsp3) is 0.176. The molecular weight excluding hydrogens is 276 g/mol. The fourth-order valence-corrected chi connectivity index (χ4v) is 2.71. The quantitative estimate of drug-likeness (QED) is 0.805. The largest absolute Gasteiger partial charge is 0.472 e. The topological polar surface area (TPSA) is 52.0 Å². The van der Waals surface area contributed by atoms with Crippen LogP contribution in [0, 0.1) is 0 Å². The molecular formula is C17H16N4O. The molecule has 5 nitrogen and oxygen atoms in total. The summed E-state index contributed by atoms with van der Waals surface area (Å²) < 4.78 is 7.68. The summed E-state index contributed by atoms with van der Waals surface area (Å²) in [5.74, 6) is 1.54. The Morgan fingerprint density at radius 2 is 2.14 bits per heavy atom. The molecule has 5 heteroatoms. The highest BCUT2D eigenvalue weighted by atomic mass is 16.5. The summed E-state index contributed by atoms with van der Waals surface area (Å²) in [6, 6.07) is 12.3. The van der Waals surface area contributed by atoms with E-state index in [0.29, 0.717) is 12.5 Å². The molecule has 0 bridgehead atoms. The van der Waals surface area contributed by atoms with E-state index < -0.39 is 0 Å². The minimum absolute atomic E-state index is 0.528. The van der Waals surface area contributed by atoms with Gasteiger partial charge in [0.1, 0.15) is 12.4 Å². The number of benzene rings is 1. The summed E-state index contributed by atoms with van der Waals surface area (Å²) in [5.41, 5.74) is 4.40. The Hall–Kier alpha value is -2.82. The van der Waals surface area contributed by atoms with Gasteiger partial charge in [-0.05, 0) is 48.4 Å². The molecule has 0 spiro atoms. The molecule has 1 aliphatic rings. The van der Waals surface area contributed by atoms with Crippen LogP contribution in [0.25, 0.3) is 16.8 Å². The van der Waals surface area contributed by atoms with E-state index in [1.54, 1.807) is 6.20 Å². The van der Waals surface area contributed by atoms with E-state index in [4.69, 9.17) is 4.74 Å². The van der Waals surface area contributed by atoms with Crippen molar-refractivity contribution < 1.29 is 4.74 Å². The van der Waals surface area contributed by atoms with Gasteiger partial charge in [-0.2, -0.15) is 10.1 Å². The molecule has 1 aliphatic heterocycles. The van der Waals surface area contributed by atoms with Crippen LogP contribution in [0.3, 0.4) is 0 Å². The lowest BCUT2D eigenvalue weighted by molar-refractivity contribution is 0.290. The molecule has 1 aromatic carbocycles. The third kappa shape index (κ3) is 2.11. The minimum atomic E-state index is 0.528. The highest BCUT2D eigenvalue weighted by Crippen LogP contribution is 2.37. The molecule has 0 atom stereocenters. The molecule has 0 aliphatic carbocycles. The number of aromatic nitrogens is 3. The van der Waals surface area contributed by atoms with Crippen LogP contribution in [0.2, 0.25) is 0 Å². The number of fused-ring (bicyclic) bond motifs is 3. The molecule has 0 saturated heterocycles.